The Kier molecular flexibility index (Phi) is 3.92. The molecule has 0 unspecified atom stereocenters. The van der Waals surface area contributed by atoms with Crippen LogP contribution >= 0.6 is 11.3 Å². The van der Waals surface area contributed by atoms with Crippen LogP contribution in [-0.2, 0) is 13.0 Å². The van der Waals surface area contributed by atoms with E-state index in [4.69, 9.17) is 11.5 Å². The molecule has 132 valence electrons. The molecule has 3 heterocycles. The highest BCUT2D eigenvalue weighted by Crippen LogP contribution is 2.28. The highest BCUT2D eigenvalue weighted by Gasteiger charge is 2.23. The molecule has 0 bridgehead atoms. The first-order valence-corrected chi connectivity index (χ1v) is 8.87. The molecule has 0 saturated heterocycles. The van der Waals surface area contributed by atoms with Gasteiger partial charge in [-0.1, -0.05) is 12.1 Å². The lowest BCUT2D eigenvalue weighted by Gasteiger charge is -2.25. The predicted octanol–water partition coefficient (Wildman–Crippen LogP) is 1.29. The molecule has 0 atom stereocenters. The molecule has 1 aliphatic rings. The summed E-state index contributed by atoms with van der Waals surface area (Å²) in [5.74, 6) is -0.219. The molecule has 5 N–H and O–H groups in total. The summed E-state index contributed by atoms with van der Waals surface area (Å²) in [5.41, 5.74) is 14.2. The molecule has 0 spiro atoms. The van der Waals surface area contributed by atoms with Gasteiger partial charge in [-0.15, -0.1) is 11.3 Å². The van der Waals surface area contributed by atoms with E-state index in [0.29, 0.717) is 12.1 Å². The number of aromatic amines is 1. The van der Waals surface area contributed by atoms with E-state index in [9.17, 15) is 9.59 Å². The quantitative estimate of drug-likeness (QED) is 0.639. The second-order valence-corrected chi connectivity index (χ2v) is 6.84. The smallest absolute Gasteiger partial charge is 0.268 e. The predicted molar refractivity (Wildman–Crippen MR) is 97.9 cm³/mol. The molecule has 26 heavy (non-hydrogen) atoms. The Morgan fingerprint density at radius 1 is 1.12 bits per heavy atom. The number of hydrogen-bond donors (Lipinski definition) is 3. The Labute approximate surface area is 152 Å². The second-order valence-electron chi connectivity index (χ2n) is 6.00. The summed E-state index contributed by atoms with van der Waals surface area (Å²) in [4.78, 5) is 36.8. The average Bonchev–Trinajstić information content (AvgIpc) is 3.28. The molecule has 1 aromatic carbocycles. The van der Waals surface area contributed by atoms with Gasteiger partial charge in [-0.05, 0) is 12.1 Å². The number of amides is 2. The summed E-state index contributed by atoms with van der Waals surface area (Å²) in [6.45, 7) is 1.40. The highest BCUT2D eigenvalue weighted by atomic mass is 32.1. The third-order valence-corrected chi connectivity index (χ3v) is 5.19. The summed E-state index contributed by atoms with van der Waals surface area (Å²) in [6.07, 6.45) is 0.774. The van der Waals surface area contributed by atoms with Crippen molar-refractivity contribution < 1.29 is 9.59 Å². The molecule has 9 heteroatoms. The molecule has 2 aromatic heterocycles. The van der Waals surface area contributed by atoms with E-state index in [2.05, 4.69) is 19.9 Å². The van der Waals surface area contributed by atoms with Gasteiger partial charge in [-0.3, -0.25) is 9.59 Å². The third-order valence-electron chi connectivity index (χ3n) is 4.29. The number of fused-ring (bicyclic) bond motifs is 1. The molecular weight excluding hydrogens is 352 g/mol. The Balaban J connectivity index is 1.56. The lowest BCUT2D eigenvalue weighted by molar-refractivity contribution is 0.0989. The van der Waals surface area contributed by atoms with Crippen LogP contribution in [0.1, 0.15) is 32.2 Å². The number of carbonyl (C=O) groups excluding carboxylic acids is 2. The number of H-pyrrole nitrogens is 1. The second kappa shape index (κ2) is 6.26. The summed E-state index contributed by atoms with van der Waals surface area (Å²) in [7, 11) is 0. The van der Waals surface area contributed by atoms with Crippen molar-refractivity contribution in [3.8, 4) is 11.4 Å². The first-order valence-electron chi connectivity index (χ1n) is 7.99. The van der Waals surface area contributed by atoms with Crippen molar-refractivity contribution in [2.45, 2.75) is 13.0 Å². The number of benzene rings is 1. The number of primary amides is 2. The Morgan fingerprint density at radius 3 is 2.54 bits per heavy atom. The number of imidazole rings is 1. The van der Waals surface area contributed by atoms with Crippen molar-refractivity contribution in [1.29, 1.82) is 0 Å². The van der Waals surface area contributed by atoms with E-state index in [0.717, 1.165) is 40.9 Å². The maximum Gasteiger partial charge on any atom is 0.268 e. The SMILES string of the molecule is NC(=O)c1ccc(-c2nc3c([nH]2)CN(c2nc(C(N)=O)cs2)CC3)cc1. The molecule has 3 aromatic rings. The molecule has 2 amide bonds. The van der Waals surface area contributed by atoms with Gasteiger partial charge in [0.05, 0.1) is 17.9 Å². The van der Waals surface area contributed by atoms with Crippen LogP contribution in [0, 0.1) is 0 Å². The van der Waals surface area contributed by atoms with Crippen LogP contribution in [0.5, 0.6) is 0 Å². The van der Waals surface area contributed by atoms with Crippen molar-refractivity contribution in [3.05, 3.63) is 52.3 Å². The molecular formula is C17H16N6O2S. The number of anilines is 1. The minimum Gasteiger partial charge on any atom is -0.366 e. The zero-order valence-electron chi connectivity index (χ0n) is 13.7. The van der Waals surface area contributed by atoms with Crippen molar-refractivity contribution in [3.63, 3.8) is 0 Å². The molecule has 0 aliphatic carbocycles. The Hall–Kier alpha value is -3.20. The number of nitrogens with one attached hydrogen (secondary N) is 1. The standard InChI is InChI=1S/C17H16N6O2S/c18-14(24)9-1-3-10(4-2-9)16-20-11-5-6-23(7-12(11)21-16)17-22-13(8-26-17)15(19)25/h1-4,8H,5-7H2,(H2,18,24)(H2,19,25)(H,20,21). The van der Waals surface area contributed by atoms with Crippen molar-refractivity contribution in [1.82, 2.24) is 15.0 Å². The minimum atomic E-state index is -0.520. The molecule has 1 aliphatic heterocycles. The van der Waals surface area contributed by atoms with Gasteiger partial charge in [0.25, 0.3) is 5.91 Å². The third kappa shape index (κ3) is 2.93. The topological polar surface area (TPSA) is 131 Å². The summed E-state index contributed by atoms with van der Waals surface area (Å²) < 4.78 is 0. The van der Waals surface area contributed by atoms with Gasteiger partial charge in [-0.25, -0.2) is 9.97 Å². The Morgan fingerprint density at radius 2 is 1.88 bits per heavy atom. The van der Waals surface area contributed by atoms with Crippen LogP contribution in [0.2, 0.25) is 0 Å². The van der Waals surface area contributed by atoms with Gasteiger partial charge in [0.1, 0.15) is 11.5 Å². The first-order chi connectivity index (χ1) is 12.5. The number of aromatic nitrogens is 3. The van der Waals surface area contributed by atoms with Crippen molar-refractivity contribution in [2.75, 3.05) is 11.4 Å². The zero-order chi connectivity index (χ0) is 18.3. The average molecular weight is 368 g/mol. The van der Waals surface area contributed by atoms with Crippen LogP contribution in [0.3, 0.4) is 0 Å². The number of carbonyl (C=O) groups is 2. The monoisotopic (exact) mass is 368 g/mol. The van der Waals surface area contributed by atoms with Gasteiger partial charge in [0, 0.05) is 29.5 Å². The summed E-state index contributed by atoms with van der Waals surface area (Å²) >= 11 is 1.40. The van der Waals surface area contributed by atoms with Crippen LogP contribution in [-0.4, -0.2) is 33.3 Å². The van der Waals surface area contributed by atoms with Gasteiger partial charge in [0.15, 0.2) is 5.13 Å². The molecule has 0 fully saturated rings. The van der Waals surface area contributed by atoms with Crippen LogP contribution in [0.4, 0.5) is 5.13 Å². The fraction of sp³-hybridized carbons (Fsp3) is 0.176. The number of nitrogens with zero attached hydrogens (tertiary/aromatic N) is 3. The number of thiazole rings is 1. The number of nitrogens with two attached hydrogens (primary N) is 2. The molecule has 4 rings (SSSR count). The van der Waals surface area contributed by atoms with Crippen LogP contribution in [0.25, 0.3) is 11.4 Å². The van der Waals surface area contributed by atoms with Crippen LogP contribution < -0.4 is 16.4 Å². The Bertz CT molecular complexity index is 991. The van der Waals surface area contributed by atoms with E-state index in [1.807, 2.05) is 12.1 Å². The van der Waals surface area contributed by atoms with Crippen LogP contribution in [0.15, 0.2) is 29.6 Å². The molecule has 0 saturated carbocycles. The van der Waals surface area contributed by atoms with Crippen molar-refractivity contribution in [2.24, 2.45) is 11.5 Å². The van der Waals surface area contributed by atoms with Crippen molar-refractivity contribution >= 4 is 28.3 Å². The molecule has 0 radical (unpaired) electrons. The van der Waals surface area contributed by atoms with E-state index in [1.165, 1.54) is 11.3 Å². The van der Waals surface area contributed by atoms with Gasteiger partial charge in [0.2, 0.25) is 5.91 Å². The normalized spacial score (nSPS) is 13.5. The maximum absolute atomic E-state index is 11.2. The number of rotatable bonds is 4. The minimum absolute atomic E-state index is 0.288. The van der Waals surface area contributed by atoms with Gasteiger partial charge in [-0.2, -0.15) is 0 Å². The lowest BCUT2D eigenvalue weighted by Crippen LogP contribution is -2.30. The van der Waals surface area contributed by atoms with Gasteiger partial charge >= 0.3 is 0 Å². The van der Waals surface area contributed by atoms with E-state index < -0.39 is 11.8 Å². The van der Waals surface area contributed by atoms with Gasteiger partial charge < -0.3 is 21.4 Å². The largest absolute Gasteiger partial charge is 0.366 e. The molecule has 8 nitrogen and oxygen atoms in total. The van der Waals surface area contributed by atoms with E-state index >= 15 is 0 Å². The summed E-state index contributed by atoms with van der Waals surface area (Å²) in [5, 5.41) is 2.44. The van der Waals surface area contributed by atoms with E-state index in [1.54, 1.807) is 17.5 Å². The fourth-order valence-electron chi connectivity index (χ4n) is 2.91. The number of hydrogen-bond acceptors (Lipinski definition) is 6. The first kappa shape index (κ1) is 16.3. The highest BCUT2D eigenvalue weighted by molar-refractivity contribution is 7.13. The van der Waals surface area contributed by atoms with E-state index in [-0.39, 0.29) is 5.69 Å². The zero-order valence-corrected chi connectivity index (χ0v) is 14.5. The maximum atomic E-state index is 11.2. The lowest BCUT2D eigenvalue weighted by atomic mass is 10.1. The fourth-order valence-corrected chi connectivity index (χ4v) is 3.75. The summed E-state index contributed by atoms with van der Waals surface area (Å²) in [6, 6.07) is 7.02.